The molecule has 1 N–H and O–H groups in total. The first-order valence-electron chi connectivity index (χ1n) is 9.64. The summed E-state index contributed by atoms with van der Waals surface area (Å²) in [4.78, 5) is 12.4. The summed E-state index contributed by atoms with van der Waals surface area (Å²) in [6.45, 7) is 7.15. The molecule has 1 unspecified atom stereocenters. The standard InChI is InChI=1S/C22H28N4O2/c1-6-28-21(27)12-19(16-8-7-14(2)17(11-16)13-23-4)18-9-10-20-22(15(18)3)24-25-26(20)5/h7-11,19,23H,6,12-13H2,1-5H3. The van der Waals surface area contributed by atoms with Gasteiger partial charge >= 0.3 is 5.97 Å². The second-order valence-corrected chi connectivity index (χ2v) is 7.14. The number of carbonyl (C=O) groups excluding carboxylic acids is 1. The molecule has 3 rings (SSSR count). The van der Waals surface area contributed by atoms with E-state index >= 15 is 0 Å². The summed E-state index contributed by atoms with van der Waals surface area (Å²) in [6.07, 6.45) is 0.294. The summed E-state index contributed by atoms with van der Waals surface area (Å²) in [6, 6.07) is 10.5. The van der Waals surface area contributed by atoms with Gasteiger partial charge in [0.15, 0.2) is 0 Å². The second-order valence-electron chi connectivity index (χ2n) is 7.14. The molecule has 6 heteroatoms. The molecule has 0 fully saturated rings. The van der Waals surface area contributed by atoms with Crippen molar-refractivity contribution in [3.63, 3.8) is 0 Å². The minimum atomic E-state index is -0.193. The Morgan fingerprint density at radius 3 is 2.75 bits per heavy atom. The molecule has 0 saturated heterocycles. The third kappa shape index (κ3) is 3.92. The van der Waals surface area contributed by atoms with E-state index in [1.807, 2.05) is 34.0 Å². The largest absolute Gasteiger partial charge is 0.466 e. The normalized spacial score (nSPS) is 12.3. The number of carbonyl (C=O) groups is 1. The van der Waals surface area contributed by atoms with Crippen LogP contribution in [0, 0.1) is 13.8 Å². The average molecular weight is 380 g/mol. The van der Waals surface area contributed by atoms with E-state index < -0.39 is 0 Å². The third-order valence-electron chi connectivity index (χ3n) is 5.27. The van der Waals surface area contributed by atoms with Gasteiger partial charge in [-0.1, -0.05) is 29.5 Å². The van der Waals surface area contributed by atoms with Gasteiger partial charge in [-0.15, -0.1) is 5.10 Å². The molecule has 1 aromatic heterocycles. The minimum absolute atomic E-state index is 0.0957. The molecule has 0 aliphatic carbocycles. The molecular formula is C22H28N4O2. The molecule has 148 valence electrons. The maximum Gasteiger partial charge on any atom is 0.306 e. The van der Waals surface area contributed by atoms with E-state index in [1.165, 1.54) is 11.1 Å². The molecule has 0 saturated carbocycles. The Labute approximate surface area is 165 Å². The number of aryl methyl sites for hydroxylation is 3. The number of rotatable bonds is 7. The van der Waals surface area contributed by atoms with Crippen LogP contribution in [0.1, 0.15) is 47.1 Å². The van der Waals surface area contributed by atoms with Crippen molar-refractivity contribution in [1.29, 1.82) is 0 Å². The highest BCUT2D eigenvalue weighted by Gasteiger charge is 2.23. The molecule has 1 heterocycles. The van der Waals surface area contributed by atoms with Gasteiger partial charge in [0.05, 0.1) is 18.5 Å². The predicted molar refractivity (Wildman–Crippen MR) is 110 cm³/mol. The zero-order valence-electron chi connectivity index (χ0n) is 17.2. The van der Waals surface area contributed by atoms with Gasteiger partial charge in [-0.25, -0.2) is 4.68 Å². The molecule has 1 atom stereocenters. The minimum Gasteiger partial charge on any atom is -0.466 e. The van der Waals surface area contributed by atoms with Crippen LogP contribution in [-0.2, 0) is 23.1 Å². The molecule has 0 bridgehead atoms. The van der Waals surface area contributed by atoms with E-state index in [9.17, 15) is 4.79 Å². The van der Waals surface area contributed by atoms with Crippen LogP contribution in [-0.4, -0.2) is 34.6 Å². The zero-order chi connectivity index (χ0) is 20.3. The fourth-order valence-electron chi connectivity index (χ4n) is 3.71. The van der Waals surface area contributed by atoms with E-state index in [1.54, 1.807) is 4.68 Å². The number of fused-ring (bicyclic) bond motifs is 1. The topological polar surface area (TPSA) is 69.0 Å². The predicted octanol–water partition coefficient (Wildman–Crippen LogP) is 3.39. The summed E-state index contributed by atoms with van der Waals surface area (Å²) in [5.74, 6) is -0.288. The lowest BCUT2D eigenvalue weighted by Gasteiger charge is -2.21. The number of nitrogens with zero attached hydrogens (tertiary/aromatic N) is 3. The van der Waals surface area contributed by atoms with Crippen LogP contribution in [0.3, 0.4) is 0 Å². The van der Waals surface area contributed by atoms with Crippen molar-refractivity contribution in [1.82, 2.24) is 20.3 Å². The Morgan fingerprint density at radius 1 is 1.25 bits per heavy atom. The number of aromatic nitrogens is 3. The summed E-state index contributed by atoms with van der Waals surface area (Å²) >= 11 is 0. The van der Waals surface area contributed by atoms with Crippen LogP contribution in [0.25, 0.3) is 11.0 Å². The number of nitrogens with one attached hydrogen (secondary N) is 1. The van der Waals surface area contributed by atoms with Crippen molar-refractivity contribution < 1.29 is 9.53 Å². The van der Waals surface area contributed by atoms with Crippen molar-refractivity contribution in [2.24, 2.45) is 7.05 Å². The number of benzene rings is 2. The summed E-state index contributed by atoms with van der Waals surface area (Å²) in [7, 11) is 3.82. The second kappa shape index (κ2) is 8.52. The Bertz CT molecular complexity index is 994. The van der Waals surface area contributed by atoms with E-state index in [0.29, 0.717) is 13.0 Å². The van der Waals surface area contributed by atoms with Crippen LogP contribution >= 0.6 is 0 Å². The van der Waals surface area contributed by atoms with Crippen LogP contribution < -0.4 is 5.32 Å². The van der Waals surface area contributed by atoms with Crippen LogP contribution in [0.15, 0.2) is 30.3 Å². The molecule has 0 amide bonds. The van der Waals surface area contributed by atoms with Crippen LogP contribution in [0.2, 0.25) is 0 Å². The van der Waals surface area contributed by atoms with Gasteiger partial charge in [-0.3, -0.25) is 4.79 Å². The van der Waals surface area contributed by atoms with E-state index in [2.05, 4.69) is 46.8 Å². The SMILES string of the molecule is CCOC(=O)CC(c1ccc(C)c(CNC)c1)c1ccc2c(nnn2C)c1C. The summed E-state index contributed by atoms with van der Waals surface area (Å²) in [5.41, 5.74) is 7.56. The van der Waals surface area contributed by atoms with Crippen molar-refractivity contribution in [3.8, 4) is 0 Å². The lowest BCUT2D eigenvalue weighted by Crippen LogP contribution is -2.14. The van der Waals surface area contributed by atoms with Gasteiger partial charge in [0, 0.05) is 19.5 Å². The van der Waals surface area contributed by atoms with E-state index in [4.69, 9.17) is 4.74 Å². The van der Waals surface area contributed by atoms with E-state index in [-0.39, 0.29) is 11.9 Å². The monoisotopic (exact) mass is 380 g/mol. The summed E-state index contributed by atoms with van der Waals surface area (Å²) in [5, 5.41) is 11.7. The maximum absolute atomic E-state index is 12.4. The molecule has 28 heavy (non-hydrogen) atoms. The molecule has 0 spiro atoms. The van der Waals surface area contributed by atoms with Gasteiger partial charge in [0.25, 0.3) is 0 Å². The number of hydrogen-bond acceptors (Lipinski definition) is 5. The van der Waals surface area contributed by atoms with Crippen LogP contribution in [0.4, 0.5) is 0 Å². The lowest BCUT2D eigenvalue weighted by atomic mass is 9.84. The number of hydrogen-bond donors (Lipinski definition) is 1. The van der Waals surface area contributed by atoms with Crippen molar-refractivity contribution >= 4 is 17.0 Å². The zero-order valence-corrected chi connectivity index (χ0v) is 17.2. The molecule has 6 nitrogen and oxygen atoms in total. The fraction of sp³-hybridized carbons (Fsp3) is 0.409. The Kier molecular flexibility index (Phi) is 6.09. The van der Waals surface area contributed by atoms with Gasteiger partial charge in [0.1, 0.15) is 5.52 Å². The highest BCUT2D eigenvalue weighted by Crippen LogP contribution is 2.34. The highest BCUT2D eigenvalue weighted by molar-refractivity contribution is 5.80. The van der Waals surface area contributed by atoms with E-state index in [0.717, 1.165) is 34.3 Å². The smallest absolute Gasteiger partial charge is 0.306 e. The first kappa shape index (κ1) is 20.0. The van der Waals surface area contributed by atoms with Crippen molar-refractivity contribution in [3.05, 3.63) is 58.1 Å². The quantitative estimate of drug-likeness (QED) is 0.636. The Morgan fingerprint density at radius 2 is 2.04 bits per heavy atom. The van der Waals surface area contributed by atoms with Crippen LogP contribution in [0.5, 0.6) is 0 Å². The van der Waals surface area contributed by atoms with Crippen molar-refractivity contribution in [2.45, 2.75) is 39.7 Å². The van der Waals surface area contributed by atoms with Gasteiger partial charge in [0.2, 0.25) is 0 Å². The maximum atomic E-state index is 12.4. The summed E-state index contributed by atoms with van der Waals surface area (Å²) < 4.78 is 7.03. The number of esters is 1. The Balaban J connectivity index is 2.11. The fourth-order valence-corrected chi connectivity index (χ4v) is 3.71. The first-order chi connectivity index (χ1) is 13.5. The third-order valence-corrected chi connectivity index (χ3v) is 5.27. The molecule has 0 radical (unpaired) electrons. The number of ether oxygens (including phenoxy) is 1. The molecular weight excluding hydrogens is 352 g/mol. The molecule has 3 aromatic rings. The van der Waals surface area contributed by atoms with Crippen molar-refractivity contribution in [2.75, 3.05) is 13.7 Å². The van der Waals surface area contributed by atoms with Gasteiger partial charge in [-0.05, 0) is 61.7 Å². The molecule has 2 aromatic carbocycles. The van der Waals surface area contributed by atoms with Gasteiger partial charge < -0.3 is 10.1 Å². The highest BCUT2D eigenvalue weighted by atomic mass is 16.5. The molecule has 0 aliphatic rings. The molecule has 0 aliphatic heterocycles. The lowest BCUT2D eigenvalue weighted by molar-refractivity contribution is -0.143. The van der Waals surface area contributed by atoms with Gasteiger partial charge in [-0.2, -0.15) is 0 Å². The average Bonchev–Trinajstić information content (AvgIpc) is 3.05. The Hall–Kier alpha value is -2.73. The first-order valence-corrected chi connectivity index (χ1v) is 9.64.